The van der Waals surface area contributed by atoms with Crippen LogP contribution in [0.3, 0.4) is 0 Å². The van der Waals surface area contributed by atoms with Gasteiger partial charge >= 0.3 is 0 Å². The third kappa shape index (κ3) is 8.26. The molecular formula is C27H31N3O3S. The van der Waals surface area contributed by atoms with Gasteiger partial charge in [-0.15, -0.1) is 0 Å². The fraction of sp³-hybridized carbons (Fsp3) is 0.222. The Balaban J connectivity index is 0.00000199. The fourth-order valence-corrected chi connectivity index (χ4v) is 4.25. The second-order valence-electron chi connectivity index (χ2n) is 7.35. The number of carbonyl (C=O) groups is 2. The van der Waals surface area contributed by atoms with Crippen molar-refractivity contribution >= 4 is 36.4 Å². The number of aliphatic hydroxyl groups is 1. The van der Waals surface area contributed by atoms with E-state index in [0.29, 0.717) is 30.8 Å². The van der Waals surface area contributed by atoms with Gasteiger partial charge in [0, 0.05) is 43.7 Å². The molecule has 0 unspecified atom stereocenters. The number of aliphatic hydroxyl groups excluding tert-OH is 1. The van der Waals surface area contributed by atoms with Crippen LogP contribution in [-0.4, -0.2) is 36.9 Å². The Kier molecular flexibility index (Phi) is 11.7. The number of hydrogen-bond donors (Lipinski definition) is 3. The summed E-state index contributed by atoms with van der Waals surface area (Å²) in [4.78, 5) is 27.2. The summed E-state index contributed by atoms with van der Waals surface area (Å²) in [7, 11) is 1.00. The van der Waals surface area contributed by atoms with Crippen LogP contribution in [0.15, 0.2) is 71.7 Å². The van der Waals surface area contributed by atoms with E-state index in [1.54, 1.807) is 23.9 Å². The van der Waals surface area contributed by atoms with Gasteiger partial charge in [-0.25, -0.2) is 0 Å². The minimum absolute atomic E-state index is 0.0107. The van der Waals surface area contributed by atoms with Gasteiger partial charge in [0.1, 0.15) is 6.29 Å². The first kappa shape index (κ1) is 27.0. The fourth-order valence-electron chi connectivity index (χ4n) is 3.33. The lowest BCUT2D eigenvalue weighted by atomic mass is 10.0. The molecule has 0 saturated carbocycles. The Morgan fingerprint density at radius 1 is 1.06 bits per heavy atom. The molecule has 0 aromatic heterocycles. The maximum Gasteiger partial charge on any atom is 0.221 e. The summed E-state index contributed by atoms with van der Waals surface area (Å²) in [6, 6.07) is 21.6. The van der Waals surface area contributed by atoms with E-state index in [2.05, 4.69) is 35.2 Å². The van der Waals surface area contributed by atoms with Crippen molar-refractivity contribution in [2.24, 2.45) is 10.7 Å². The van der Waals surface area contributed by atoms with Crippen LogP contribution >= 0.6 is 11.8 Å². The lowest BCUT2D eigenvalue weighted by Crippen LogP contribution is -2.23. The van der Waals surface area contributed by atoms with Gasteiger partial charge in [-0.2, -0.15) is 11.8 Å². The monoisotopic (exact) mass is 477 g/mol. The number of rotatable bonds is 11. The second kappa shape index (κ2) is 14.8. The third-order valence-electron chi connectivity index (χ3n) is 5.05. The number of amides is 1. The van der Waals surface area contributed by atoms with Crippen LogP contribution in [0, 0.1) is 0 Å². The van der Waals surface area contributed by atoms with Crippen molar-refractivity contribution in [2.45, 2.75) is 25.3 Å². The van der Waals surface area contributed by atoms with E-state index in [9.17, 15) is 9.59 Å². The molecule has 178 valence electrons. The number of nitrogens with zero attached hydrogens (tertiary/aromatic N) is 1. The number of nitrogens with two attached hydrogens (primary N) is 1. The highest BCUT2D eigenvalue weighted by Crippen LogP contribution is 2.30. The zero-order valence-electron chi connectivity index (χ0n) is 19.4. The molecule has 7 heteroatoms. The average Bonchev–Trinajstić information content (AvgIpc) is 2.91. The van der Waals surface area contributed by atoms with E-state index in [1.165, 1.54) is 0 Å². The molecule has 34 heavy (non-hydrogen) atoms. The van der Waals surface area contributed by atoms with Gasteiger partial charge in [0.2, 0.25) is 5.91 Å². The van der Waals surface area contributed by atoms with Gasteiger partial charge < -0.3 is 16.2 Å². The van der Waals surface area contributed by atoms with Crippen LogP contribution in [0.2, 0.25) is 0 Å². The van der Waals surface area contributed by atoms with Crippen molar-refractivity contribution in [3.63, 3.8) is 0 Å². The normalized spacial score (nSPS) is 10.1. The highest BCUT2D eigenvalue weighted by molar-refractivity contribution is 7.98. The molecule has 0 fully saturated rings. The molecule has 0 aliphatic rings. The molecule has 3 aromatic carbocycles. The van der Waals surface area contributed by atoms with Gasteiger partial charge in [0.15, 0.2) is 0 Å². The number of benzene rings is 3. The van der Waals surface area contributed by atoms with Gasteiger partial charge in [-0.05, 0) is 58.8 Å². The topological polar surface area (TPSA) is 105 Å². The molecule has 0 radical (unpaired) electrons. The van der Waals surface area contributed by atoms with Crippen LogP contribution in [0.25, 0.3) is 11.1 Å². The number of hydrogen-bond acceptors (Lipinski definition) is 6. The highest BCUT2D eigenvalue weighted by Gasteiger charge is 2.07. The van der Waals surface area contributed by atoms with E-state index in [4.69, 9.17) is 10.8 Å². The van der Waals surface area contributed by atoms with E-state index >= 15 is 0 Å². The largest absolute Gasteiger partial charge is 0.400 e. The number of aldehydes is 1. The molecule has 0 saturated heterocycles. The molecule has 0 bridgehead atoms. The molecule has 6 nitrogen and oxygen atoms in total. The highest BCUT2D eigenvalue weighted by atomic mass is 32.2. The van der Waals surface area contributed by atoms with E-state index in [-0.39, 0.29) is 5.91 Å². The van der Waals surface area contributed by atoms with Crippen LogP contribution in [-0.2, 0) is 23.6 Å². The number of aliphatic imine (C=N–C) groups is 1. The average molecular weight is 478 g/mol. The Bertz CT molecular complexity index is 1100. The zero-order valence-corrected chi connectivity index (χ0v) is 20.2. The van der Waals surface area contributed by atoms with Crippen LogP contribution < -0.4 is 11.1 Å². The summed E-state index contributed by atoms with van der Waals surface area (Å²) >= 11 is 1.69. The molecule has 0 atom stereocenters. The molecular weight excluding hydrogens is 446 g/mol. The van der Waals surface area contributed by atoms with Crippen LogP contribution in [0.5, 0.6) is 0 Å². The summed E-state index contributed by atoms with van der Waals surface area (Å²) in [5.74, 6) is 1.43. The summed E-state index contributed by atoms with van der Waals surface area (Å²) in [5.41, 5.74) is 12.6. The predicted molar refractivity (Wildman–Crippen MR) is 142 cm³/mol. The maximum atomic E-state index is 12.2. The summed E-state index contributed by atoms with van der Waals surface area (Å²) < 4.78 is 0. The first-order valence-corrected chi connectivity index (χ1v) is 12.0. The quantitative estimate of drug-likeness (QED) is 0.214. The Labute approximate surface area is 205 Å². The molecule has 0 aliphatic carbocycles. The number of carbonyl (C=O) groups excluding carboxylic acids is 2. The standard InChI is InChI=1S/C26H27N3O2S.CH4O/c1-28-25-9-8-23(22-7-3-4-19(13-22)15-27)14-24(25)18-32-11-10-26(31)29-16-20-5-2-6-21(12-20)17-30;1-2/h2-9,12-14,17H,1,10-11,15-16,18,27H2,(H,29,31);2H,1H3. The lowest BCUT2D eigenvalue weighted by molar-refractivity contribution is -0.120. The van der Waals surface area contributed by atoms with Crippen molar-refractivity contribution in [2.75, 3.05) is 12.9 Å². The first-order chi connectivity index (χ1) is 16.6. The molecule has 3 aromatic rings. The molecule has 4 N–H and O–H groups in total. The van der Waals surface area contributed by atoms with Gasteiger partial charge in [0.25, 0.3) is 0 Å². The van der Waals surface area contributed by atoms with E-state index in [0.717, 1.165) is 52.7 Å². The predicted octanol–water partition coefficient (Wildman–Crippen LogP) is 4.51. The van der Waals surface area contributed by atoms with Crippen LogP contribution in [0.4, 0.5) is 5.69 Å². The lowest BCUT2D eigenvalue weighted by Gasteiger charge is -2.10. The minimum atomic E-state index is -0.0107. The van der Waals surface area contributed by atoms with Gasteiger partial charge in [-0.3, -0.25) is 14.6 Å². The zero-order chi connectivity index (χ0) is 24.8. The third-order valence-corrected chi connectivity index (χ3v) is 6.06. The molecule has 1 amide bonds. The molecule has 0 heterocycles. The van der Waals surface area contributed by atoms with Gasteiger partial charge in [0.05, 0.1) is 5.69 Å². The van der Waals surface area contributed by atoms with E-state index in [1.807, 2.05) is 36.4 Å². The van der Waals surface area contributed by atoms with Crippen molar-refractivity contribution < 1.29 is 14.7 Å². The summed E-state index contributed by atoms with van der Waals surface area (Å²) in [6.07, 6.45) is 1.23. The minimum Gasteiger partial charge on any atom is -0.400 e. The smallest absolute Gasteiger partial charge is 0.221 e. The van der Waals surface area contributed by atoms with Crippen molar-refractivity contribution in [3.8, 4) is 11.1 Å². The maximum absolute atomic E-state index is 12.2. The Hall–Kier alpha value is -3.26. The van der Waals surface area contributed by atoms with Crippen LogP contribution in [0.1, 0.15) is 33.5 Å². The first-order valence-electron chi connectivity index (χ1n) is 10.8. The molecule has 0 aliphatic heterocycles. The molecule has 0 spiro atoms. The van der Waals surface area contributed by atoms with Crippen molar-refractivity contribution in [1.82, 2.24) is 5.32 Å². The van der Waals surface area contributed by atoms with Gasteiger partial charge in [-0.1, -0.05) is 42.5 Å². The molecule has 3 rings (SSSR count). The summed E-state index contributed by atoms with van der Waals surface area (Å²) in [6.45, 7) is 4.61. The number of thioether (sulfide) groups is 1. The van der Waals surface area contributed by atoms with Crippen molar-refractivity contribution in [3.05, 3.63) is 89.0 Å². The second-order valence-corrected chi connectivity index (χ2v) is 8.45. The number of nitrogens with one attached hydrogen (secondary N) is 1. The summed E-state index contributed by atoms with van der Waals surface area (Å²) in [5, 5.41) is 9.91. The van der Waals surface area contributed by atoms with Crippen molar-refractivity contribution in [1.29, 1.82) is 0 Å². The Morgan fingerprint density at radius 2 is 1.79 bits per heavy atom. The van der Waals surface area contributed by atoms with E-state index < -0.39 is 0 Å². The Morgan fingerprint density at radius 3 is 2.53 bits per heavy atom. The SMILES string of the molecule is C=Nc1ccc(-c2cccc(CN)c2)cc1CSCCC(=O)NCc1cccc(C=O)c1.CO.